The van der Waals surface area contributed by atoms with E-state index in [1.807, 2.05) is 20.8 Å². The number of nitrogens with zero attached hydrogens (tertiary/aromatic N) is 1. The molecule has 3 rings (SSSR count). The third kappa shape index (κ3) is 5.25. The molecule has 2 N–H and O–H groups in total. The average molecular weight is 471 g/mol. The molecule has 1 atom stereocenters. The quantitative estimate of drug-likeness (QED) is 0.354. The summed E-state index contributed by atoms with van der Waals surface area (Å²) in [6.07, 6.45) is 1.39. The number of rotatable bonds is 7. The predicted molar refractivity (Wildman–Crippen MR) is 119 cm³/mol. The second-order valence-electron chi connectivity index (χ2n) is 8.47. The van der Waals surface area contributed by atoms with E-state index in [0.29, 0.717) is 5.56 Å². The van der Waals surface area contributed by atoms with E-state index >= 15 is 0 Å². The number of carbonyl (C=O) groups excluding carboxylic acids is 3. The zero-order valence-corrected chi connectivity index (χ0v) is 19.2. The summed E-state index contributed by atoms with van der Waals surface area (Å²) in [6.45, 7) is 6.71. The van der Waals surface area contributed by atoms with Crippen LogP contribution >= 0.6 is 0 Å². The molecule has 0 radical (unpaired) electrons. The van der Waals surface area contributed by atoms with Crippen molar-refractivity contribution in [3.63, 3.8) is 0 Å². The molecule has 0 bridgehead atoms. The Morgan fingerprint density at radius 2 is 1.91 bits per heavy atom. The van der Waals surface area contributed by atoms with Gasteiger partial charge in [-0.15, -0.1) is 0 Å². The highest BCUT2D eigenvalue weighted by molar-refractivity contribution is 5.95. The Morgan fingerprint density at radius 1 is 1.18 bits per heavy atom. The normalized spacial score (nSPS) is 15.9. The lowest BCUT2D eigenvalue weighted by Gasteiger charge is -2.27. The van der Waals surface area contributed by atoms with Gasteiger partial charge >= 0.3 is 18.0 Å². The average Bonchev–Trinajstić information content (AvgIpc) is 3.31. The Kier molecular flexibility index (Phi) is 7.04. The van der Waals surface area contributed by atoms with Gasteiger partial charge in [-0.2, -0.15) is 0 Å². The van der Waals surface area contributed by atoms with Gasteiger partial charge in [-0.1, -0.05) is 26.8 Å². The van der Waals surface area contributed by atoms with E-state index < -0.39 is 41.0 Å². The zero-order chi connectivity index (χ0) is 25.0. The molecule has 1 aromatic heterocycles. The molecule has 0 saturated heterocycles. The predicted octanol–water partition coefficient (Wildman–Crippen LogP) is 3.51. The largest absolute Gasteiger partial charge is 0.467 e. The number of furan rings is 1. The summed E-state index contributed by atoms with van der Waals surface area (Å²) in [5, 5.41) is 16.6. The molecule has 1 unspecified atom stereocenters. The summed E-state index contributed by atoms with van der Waals surface area (Å²) in [6, 6.07) is 5.68. The first-order chi connectivity index (χ1) is 16.0. The molecular formula is C23H25N3O8. The van der Waals surface area contributed by atoms with Crippen molar-refractivity contribution >= 4 is 23.7 Å². The van der Waals surface area contributed by atoms with Gasteiger partial charge in [0, 0.05) is 11.6 Å². The van der Waals surface area contributed by atoms with Gasteiger partial charge in [0.15, 0.2) is 0 Å². The molecule has 0 fully saturated rings. The van der Waals surface area contributed by atoms with Crippen molar-refractivity contribution in [1.82, 2.24) is 10.6 Å². The third-order valence-corrected chi connectivity index (χ3v) is 5.06. The number of carbonyl (C=O) groups is 3. The zero-order valence-electron chi connectivity index (χ0n) is 19.2. The maximum Gasteiger partial charge on any atom is 0.338 e. The number of esters is 2. The van der Waals surface area contributed by atoms with Crippen LogP contribution in [0.15, 0.2) is 52.3 Å². The summed E-state index contributed by atoms with van der Waals surface area (Å²) in [7, 11) is 0. The fraction of sp³-hybridized carbons (Fsp3) is 0.348. The highest BCUT2D eigenvalue weighted by Gasteiger charge is 2.36. The van der Waals surface area contributed by atoms with Crippen LogP contribution in [-0.4, -0.2) is 36.1 Å². The number of nitrogens with one attached hydrogen (secondary N) is 2. The number of amides is 2. The number of benzene rings is 1. The van der Waals surface area contributed by atoms with Crippen molar-refractivity contribution in [2.75, 3.05) is 13.2 Å². The molecule has 180 valence electrons. The Hall–Kier alpha value is -4.15. The standard InChI is InChI=1S/C23H25N3O8/c1-5-32-21(28)18-15(24-22(29)25-19(18)17-7-6-10-33-17)12-34-20(27)13-8-9-14(23(2,3)4)16(11-13)26(30)31/h6-11,19H,5,12H2,1-4H3,(H2,24,25,29). The Labute approximate surface area is 195 Å². The molecule has 2 heterocycles. The van der Waals surface area contributed by atoms with Crippen LogP contribution in [0, 0.1) is 10.1 Å². The van der Waals surface area contributed by atoms with Gasteiger partial charge in [-0.3, -0.25) is 10.1 Å². The molecule has 0 saturated carbocycles. The summed E-state index contributed by atoms with van der Waals surface area (Å²) in [5.74, 6) is -1.30. The summed E-state index contributed by atoms with van der Waals surface area (Å²) in [4.78, 5) is 48.5. The molecule has 34 heavy (non-hydrogen) atoms. The molecule has 11 nitrogen and oxygen atoms in total. The summed E-state index contributed by atoms with van der Waals surface area (Å²) >= 11 is 0. The summed E-state index contributed by atoms with van der Waals surface area (Å²) in [5.41, 5.74) is -0.267. The lowest BCUT2D eigenvalue weighted by Crippen LogP contribution is -2.47. The maximum absolute atomic E-state index is 12.7. The SMILES string of the molecule is CCOC(=O)C1=C(COC(=O)c2ccc(C(C)(C)C)c([N+](=O)[O-])c2)NC(=O)NC1c1ccco1. The van der Waals surface area contributed by atoms with E-state index in [0.717, 1.165) is 6.07 Å². The van der Waals surface area contributed by atoms with Crippen LogP contribution in [0.25, 0.3) is 0 Å². The monoisotopic (exact) mass is 471 g/mol. The molecule has 11 heteroatoms. The number of ether oxygens (including phenoxy) is 2. The van der Waals surface area contributed by atoms with Crippen LogP contribution in [0.1, 0.15) is 55.4 Å². The molecule has 0 aliphatic carbocycles. The van der Waals surface area contributed by atoms with Crippen molar-refractivity contribution in [2.24, 2.45) is 0 Å². The van der Waals surface area contributed by atoms with E-state index in [1.54, 1.807) is 19.1 Å². The lowest BCUT2D eigenvalue weighted by atomic mass is 9.85. The number of nitro benzene ring substituents is 1. The van der Waals surface area contributed by atoms with E-state index in [1.165, 1.54) is 18.4 Å². The van der Waals surface area contributed by atoms with Crippen LogP contribution in [0.2, 0.25) is 0 Å². The number of nitro groups is 1. The first kappa shape index (κ1) is 24.5. The van der Waals surface area contributed by atoms with Crippen LogP contribution < -0.4 is 10.6 Å². The van der Waals surface area contributed by atoms with Crippen molar-refractivity contribution in [2.45, 2.75) is 39.2 Å². The molecule has 2 aromatic rings. The molecular weight excluding hydrogens is 446 g/mol. The smallest absolute Gasteiger partial charge is 0.338 e. The fourth-order valence-electron chi connectivity index (χ4n) is 3.52. The van der Waals surface area contributed by atoms with Crippen molar-refractivity contribution < 1.29 is 33.2 Å². The highest BCUT2D eigenvalue weighted by atomic mass is 16.6. The van der Waals surface area contributed by atoms with Crippen molar-refractivity contribution in [3.8, 4) is 0 Å². The maximum atomic E-state index is 12.7. The third-order valence-electron chi connectivity index (χ3n) is 5.06. The first-order valence-electron chi connectivity index (χ1n) is 10.5. The molecule has 1 aromatic carbocycles. The second-order valence-corrected chi connectivity index (χ2v) is 8.47. The highest BCUT2D eigenvalue weighted by Crippen LogP contribution is 2.32. The van der Waals surface area contributed by atoms with Gasteiger partial charge in [0.2, 0.25) is 0 Å². The molecule has 2 amide bonds. The van der Waals surface area contributed by atoms with Crippen molar-refractivity contribution in [3.05, 3.63) is 74.9 Å². The van der Waals surface area contributed by atoms with Gasteiger partial charge in [0.05, 0.1) is 34.6 Å². The lowest BCUT2D eigenvalue weighted by molar-refractivity contribution is -0.386. The minimum Gasteiger partial charge on any atom is -0.467 e. The minimum absolute atomic E-state index is 0.0118. The molecule has 1 aliphatic rings. The first-order valence-corrected chi connectivity index (χ1v) is 10.5. The molecule has 1 aliphatic heterocycles. The topological polar surface area (TPSA) is 150 Å². The van der Waals surface area contributed by atoms with Crippen LogP contribution in [-0.2, 0) is 19.7 Å². The van der Waals surface area contributed by atoms with E-state index in [-0.39, 0.29) is 34.9 Å². The second kappa shape index (κ2) is 9.77. The van der Waals surface area contributed by atoms with Crippen molar-refractivity contribution in [1.29, 1.82) is 0 Å². The van der Waals surface area contributed by atoms with E-state index in [9.17, 15) is 24.5 Å². The Balaban J connectivity index is 1.91. The number of hydrogen-bond acceptors (Lipinski definition) is 8. The van der Waals surface area contributed by atoms with Gasteiger partial charge < -0.3 is 24.5 Å². The van der Waals surface area contributed by atoms with Crippen LogP contribution in [0.3, 0.4) is 0 Å². The Bertz CT molecular complexity index is 1150. The number of urea groups is 1. The number of hydrogen-bond donors (Lipinski definition) is 2. The minimum atomic E-state index is -0.955. The molecule has 0 spiro atoms. The van der Waals surface area contributed by atoms with Gasteiger partial charge in [0.25, 0.3) is 5.69 Å². The summed E-state index contributed by atoms with van der Waals surface area (Å²) < 4.78 is 15.7. The fourth-order valence-corrected chi connectivity index (χ4v) is 3.52. The van der Waals surface area contributed by atoms with E-state index in [4.69, 9.17) is 13.9 Å². The van der Waals surface area contributed by atoms with Crippen LogP contribution in [0.5, 0.6) is 0 Å². The van der Waals surface area contributed by atoms with E-state index in [2.05, 4.69) is 10.6 Å². The van der Waals surface area contributed by atoms with Gasteiger partial charge in [-0.25, -0.2) is 14.4 Å². The van der Waals surface area contributed by atoms with Gasteiger partial charge in [-0.05, 0) is 30.5 Å². The van der Waals surface area contributed by atoms with Crippen LogP contribution in [0.4, 0.5) is 10.5 Å². The van der Waals surface area contributed by atoms with Gasteiger partial charge in [0.1, 0.15) is 18.4 Å². The Morgan fingerprint density at radius 3 is 2.50 bits per heavy atom.